The first kappa shape index (κ1) is 42.7. The van der Waals surface area contributed by atoms with Crippen molar-refractivity contribution in [3.05, 3.63) is 44.9 Å². The second-order valence-corrected chi connectivity index (χ2v) is 11.7. The van der Waals surface area contributed by atoms with Crippen LogP contribution in [-0.4, -0.2) is 23.1 Å². The summed E-state index contributed by atoms with van der Waals surface area (Å²) in [5.41, 5.74) is 0.526. The molecule has 0 radical (unpaired) electrons. The summed E-state index contributed by atoms with van der Waals surface area (Å²) in [7, 11) is 0. The van der Waals surface area contributed by atoms with E-state index in [0.29, 0.717) is 5.41 Å². The molecular weight excluding hydrogens is 492 g/mol. The average molecular weight is 560 g/mol. The molecule has 0 aliphatic carbocycles. The van der Waals surface area contributed by atoms with Gasteiger partial charge in [0.15, 0.2) is 0 Å². The molecule has 0 spiro atoms. The number of rotatable bonds is 31. The number of halogens is 1. The predicted molar refractivity (Wildman–Crippen MR) is 173 cm³/mol. The van der Waals surface area contributed by atoms with E-state index in [1.807, 2.05) is 0 Å². The van der Waals surface area contributed by atoms with Crippen molar-refractivity contribution in [2.24, 2.45) is 5.41 Å². The quantitative estimate of drug-likeness (QED) is 0.0343. The molecule has 0 saturated heterocycles. The Morgan fingerprint density at radius 2 is 0.605 bits per heavy atom. The second kappa shape index (κ2) is 35.3. The van der Waals surface area contributed by atoms with Gasteiger partial charge in [0.1, 0.15) is 0 Å². The third-order valence-electron chi connectivity index (χ3n) is 8.38. The average Bonchev–Trinajstić information content (AvgIpc) is 2.89. The van der Waals surface area contributed by atoms with Gasteiger partial charge in [-0.05, 0) is 38.5 Å². The van der Waals surface area contributed by atoms with Gasteiger partial charge in [-0.2, -0.15) is 6.42 Å². The van der Waals surface area contributed by atoms with E-state index in [2.05, 4.69) is 44.9 Å². The molecule has 0 heterocycles. The summed E-state index contributed by atoms with van der Waals surface area (Å²) in [4.78, 5) is 0. The standard InChI is InChI=1S/C36H67.ClH.Mg/c1-5-9-12-15-18-21-24-27-30-33-36(8-4,34-31-28-25-22-19-16-13-10-6-2)35-32-29-26-23-20-17-14-11-7-3;;/h5-7H,1-4,8-35H2;1H;/q-1;;+2/p-1. The molecule has 38 heavy (non-hydrogen) atoms. The number of unbranched alkanes of at least 4 members (excludes halogenated alkanes) is 21. The molecule has 0 aromatic heterocycles. The monoisotopic (exact) mass is 558 g/mol. The number of hydrogen-bond donors (Lipinski definition) is 0. The summed E-state index contributed by atoms with van der Waals surface area (Å²) in [6.45, 7) is 16.0. The van der Waals surface area contributed by atoms with E-state index >= 15 is 0 Å². The maximum atomic E-state index is 4.50. The summed E-state index contributed by atoms with van der Waals surface area (Å²) in [5.74, 6) is 0. The molecular formula is C36H67ClMg. The van der Waals surface area contributed by atoms with Crippen molar-refractivity contribution in [1.29, 1.82) is 0 Å². The first-order valence-corrected chi connectivity index (χ1v) is 16.4. The van der Waals surface area contributed by atoms with Crippen LogP contribution in [0.2, 0.25) is 0 Å². The van der Waals surface area contributed by atoms with Crippen LogP contribution in [-0.2, 0) is 0 Å². The van der Waals surface area contributed by atoms with Gasteiger partial charge in [-0.15, -0.1) is 19.7 Å². The van der Waals surface area contributed by atoms with Crippen molar-refractivity contribution in [2.45, 2.75) is 180 Å². The minimum absolute atomic E-state index is 0. The van der Waals surface area contributed by atoms with Crippen LogP contribution in [0.1, 0.15) is 180 Å². The van der Waals surface area contributed by atoms with E-state index in [0.717, 1.165) is 6.42 Å². The van der Waals surface area contributed by atoms with Crippen LogP contribution in [0.5, 0.6) is 0 Å². The molecule has 0 aromatic rings. The van der Waals surface area contributed by atoms with Gasteiger partial charge in [0.05, 0.1) is 0 Å². The minimum Gasteiger partial charge on any atom is -1.00 e. The molecule has 0 saturated carbocycles. The maximum Gasteiger partial charge on any atom is 2.00 e. The van der Waals surface area contributed by atoms with Crippen molar-refractivity contribution >= 4 is 23.1 Å². The Bertz CT molecular complexity index is 407. The Hall–Kier alpha value is 0.276. The second-order valence-electron chi connectivity index (χ2n) is 11.7. The van der Waals surface area contributed by atoms with Gasteiger partial charge >= 0.3 is 23.1 Å². The molecule has 0 N–H and O–H groups in total. The van der Waals surface area contributed by atoms with Crippen LogP contribution in [0.3, 0.4) is 0 Å². The van der Waals surface area contributed by atoms with Crippen molar-refractivity contribution in [3.8, 4) is 0 Å². The van der Waals surface area contributed by atoms with E-state index in [1.54, 1.807) is 0 Å². The van der Waals surface area contributed by atoms with Gasteiger partial charge in [-0.3, -0.25) is 0 Å². The normalized spacial score (nSPS) is 11.0. The van der Waals surface area contributed by atoms with Crippen LogP contribution in [0, 0.1) is 12.3 Å². The Morgan fingerprint density at radius 1 is 0.395 bits per heavy atom. The van der Waals surface area contributed by atoms with Gasteiger partial charge in [0.25, 0.3) is 0 Å². The zero-order valence-corrected chi connectivity index (χ0v) is 28.1. The number of hydrogen-bond acceptors (Lipinski definition) is 0. The van der Waals surface area contributed by atoms with E-state index in [1.165, 1.54) is 173 Å². The SMILES string of the molecule is C=CCCCCCCCCCC(C[CH2-])(CCCCCCCCCC=C)CCCCCCCCCC=C.[Cl-].[Mg+2]. The Morgan fingerprint density at radius 3 is 0.816 bits per heavy atom. The molecule has 2 heteroatoms. The zero-order valence-electron chi connectivity index (χ0n) is 25.9. The third-order valence-corrected chi connectivity index (χ3v) is 8.38. The van der Waals surface area contributed by atoms with Crippen LogP contribution < -0.4 is 12.4 Å². The Labute approximate surface area is 264 Å². The molecule has 0 aliphatic rings. The van der Waals surface area contributed by atoms with Crippen molar-refractivity contribution < 1.29 is 12.4 Å². The number of allylic oxidation sites excluding steroid dienone is 3. The Kier molecular flexibility index (Phi) is 39.7. The molecule has 0 atom stereocenters. The Balaban J connectivity index is -0.00000612. The summed E-state index contributed by atoms with van der Waals surface area (Å²) in [6.07, 6.45) is 44.7. The summed E-state index contributed by atoms with van der Waals surface area (Å²) >= 11 is 0. The molecule has 0 aromatic carbocycles. The molecule has 0 nitrogen and oxygen atoms in total. The summed E-state index contributed by atoms with van der Waals surface area (Å²) < 4.78 is 0. The zero-order chi connectivity index (χ0) is 26.4. The van der Waals surface area contributed by atoms with Crippen LogP contribution in [0.15, 0.2) is 38.0 Å². The van der Waals surface area contributed by atoms with E-state index in [4.69, 9.17) is 0 Å². The van der Waals surface area contributed by atoms with Crippen molar-refractivity contribution in [3.63, 3.8) is 0 Å². The van der Waals surface area contributed by atoms with Gasteiger partial charge in [0.2, 0.25) is 0 Å². The summed E-state index contributed by atoms with van der Waals surface area (Å²) in [6, 6.07) is 0. The topological polar surface area (TPSA) is 0 Å². The molecule has 0 amide bonds. The fourth-order valence-corrected chi connectivity index (χ4v) is 5.77. The van der Waals surface area contributed by atoms with Gasteiger partial charge in [-0.1, -0.05) is 158 Å². The smallest absolute Gasteiger partial charge is 1.00 e. The van der Waals surface area contributed by atoms with Crippen LogP contribution >= 0.6 is 0 Å². The molecule has 0 bridgehead atoms. The minimum atomic E-state index is 0. The van der Waals surface area contributed by atoms with E-state index in [-0.39, 0.29) is 35.5 Å². The van der Waals surface area contributed by atoms with E-state index < -0.39 is 0 Å². The van der Waals surface area contributed by atoms with Gasteiger partial charge < -0.3 is 19.3 Å². The molecule has 0 fully saturated rings. The van der Waals surface area contributed by atoms with Crippen molar-refractivity contribution in [1.82, 2.24) is 0 Å². The first-order valence-electron chi connectivity index (χ1n) is 16.4. The third kappa shape index (κ3) is 29.3. The van der Waals surface area contributed by atoms with E-state index in [9.17, 15) is 0 Å². The first-order chi connectivity index (χ1) is 17.7. The molecule has 0 unspecified atom stereocenters. The van der Waals surface area contributed by atoms with Crippen LogP contribution in [0.4, 0.5) is 0 Å². The molecule has 0 rings (SSSR count). The fourth-order valence-electron chi connectivity index (χ4n) is 5.77. The molecule has 220 valence electrons. The van der Waals surface area contributed by atoms with Crippen LogP contribution in [0.25, 0.3) is 0 Å². The van der Waals surface area contributed by atoms with Gasteiger partial charge in [-0.25, -0.2) is 0 Å². The largest absolute Gasteiger partial charge is 2.00 e. The maximum absolute atomic E-state index is 4.50. The van der Waals surface area contributed by atoms with Gasteiger partial charge in [0, 0.05) is 0 Å². The predicted octanol–water partition coefficient (Wildman–Crippen LogP) is 9.91. The summed E-state index contributed by atoms with van der Waals surface area (Å²) in [5, 5.41) is 0. The fraction of sp³-hybridized carbons (Fsp3) is 0.806. The molecule has 0 aliphatic heterocycles. The van der Waals surface area contributed by atoms with Crippen molar-refractivity contribution in [2.75, 3.05) is 0 Å².